The normalized spacial score (nSPS) is 21.0. The zero-order valence-corrected chi connectivity index (χ0v) is 11.7. The van der Waals surface area contributed by atoms with E-state index in [0.29, 0.717) is 0 Å². The maximum atomic E-state index is 11.0. The molecule has 0 aromatic heterocycles. The molecule has 1 N–H and O–H groups in total. The van der Waals surface area contributed by atoms with Gasteiger partial charge in [-0.3, -0.25) is 10.1 Å². The van der Waals surface area contributed by atoms with Gasteiger partial charge >= 0.3 is 0 Å². The smallest absolute Gasteiger partial charge is 0.273 e. The van der Waals surface area contributed by atoms with Crippen molar-refractivity contribution >= 4 is 17.1 Å². The lowest BCUT2D eigenvalue weighted by atomic mass is 10.2. The molecule has 0 amide bonds. The van der Waals surface area contributed by atoms with Gasteiger partial charge in [0.05, 0.1) is 4.92 Å². The molecule has 5 heteroatoms. The van der Waals surface area contributed by atoms with Crippen molar-refractivity contribution in [1.82, 2.24) is 0 Å². The average Bonchev–Trinajstić information content (AvgIpc) is 3.04. The van der Waals surface area contributed by atoms with Crippen LogP contribution in [0.15, 0.2) is 18.2 Å². The predicted octanol–water partition coefficient (Wildman–Crippen LogP) is 3.12. The Bertz CT molecular complexity index is 476. The molecule has 1 aromatic carbocycles. The van der Waals surface area contributed by atoms with Crippen LogP contribution in [0.3, 0.4) is 0 Å². The van der Waals surface area contributed by atoms with Gasteiger partial charge in [0.25, 0.3) is 5.69 Å². The lowest BCUT2D eigenvalue weighted by molar-refractivity contribution is -0.384. The molecule has 0 bridgehead atoms. The molecule has 2 atom stereocenters. The van der Waals surface area contributed by atoms with Gasteiger partial charge in [-0.1, -0.05) is 6.92 Å². The first-order valence-corrected chi connectivity index (χ1v) is 6.75. The highest BCUT2D eigenvalue weighted by atomic mass is 16.6. The van der Waals surface area contributed by atoms with E-state index in [1.54, 1.807) is 12.1 Å². The van der Waals surface area contributed by atoms with Crippen molar-refractivity contribution in [1.29, 1.82) is 0 Å². The zero-order valence-electron chi connectivity index (χ0n) is 11.7. The van der Waals surface area contributed by atoms with Gasteiger partial charge < -0.3 is 10.2 Å². The summed E-state index contributed by atoms with van der Waals surface area (Å²) in [5.41, 5.74) is 1.86. The van der Waals surface area contributed by atoms with Crippen LogP contribution in [0.4, 0.5) is 17.1 Å². The second-order valence-electron chi connectivity index (χ2n) is 5.38. The maximum absolute atomic E-state index is 11.0. The van der Waals surface area contributed by atoms with E-state index in [4.69, 9.17) is 0 Å². The van der Waals surface area contributed by atoms with Crippen molar-refractivity contribution in [3.05, 3.63) is 28.3 Å². The molecular weight excluding hydrogens is 242 g/mol. The summed E-state index contributed by atoms with van der Waals surface area (Å²) in [5.74, 6) is 1.52. The quantitative estimate of drug-likeness (QED) is 0.633. The van der Waals surface area contributed by atoms with Crippen LogP contribution in [-0.2, 0) is 0 Å². The van der Waals surface area contributed by atoms with Crippen molar-refractivity contribution < 1.29 is 4.92 Å². The number of nitrogens with zero attached hydrogens (tertiary/aromatic N) is 2. The third-order valence-electron chi connectivity index (χ3n) is 3.72. The lowest BCUT2D eigenvalue weighted by Crippen LogP contribution is -2.20. The fourth-order valence-electron chi connectivity index (χ4n) is 2.34. The number of nitrogens with one attached hydrogen (secondary N) is 1. The van der Waals surface area contributed by atoms with E-state index in [-0.39, 0.29) is 10.6 Å². The fraction of sp³-hybridized carbons (Fsp3) is 0.571. The van der Waals surface area contributed by atoms with E-state index in [1.165, 1.54) is 6.42 Å². The monoisotopic (exact) mass is 263 g/mol. The van der Waals surface area contributed by atoms with Crippen LogP contribution in [0.2, 0.25) is 0 Å². The molecule has 0 heterocycles. The van der Waals surface area contributed by atoms with Gasteiger partial charge in [-0.15, -0.1) is 0 Å². The van der Waals surface area contributed by atoms with Gasteiger partial charge in [0, 0.05) is 43.6 Å². The third kappa shape index (κ3) is 3.36. The summed E-state index contributed by atoms with van der Waals surface area (Å²) in [6.45, 7) is 5.95. The van der Waals surface area contributed by atoms with E-state index in [1.807, 2.05) is 20.0 Å². The Morgan fingerprint density at radius 1 is 1.47 bits per heavy atom. The van der Waals surface area contributed by atoms with Gasteiger partial charge in [-0.05, 0) is 31.2 Å². The molecule has 104 valence electrons. The molecule has 0 radical (unpaired) electrons. The highest BCUT2D eigenvalue weighted by Gasteiger charge is 2.33. The average molecular weight is 263 g/mol. The van der Waals surface area contributed by atoms with E-state index in [0.717, 1.165) is 36.3 Å². The summed E-state index contributed by atoms with van der Waals surface area (Å²) in [7, 11) is 2.00. The van der Waals surface area contributed by atoms with E-state index in [2.05, 4.69) is 17.1 Å². The van der Waals surface area contributed by atoms with Gasteiger partial charge in [0.15, 0.2) is 0 Å². The number of rotatable bonds is 6. The van der Waals surface area contributed by atoms with Crippen LogP contribution in [0.5, 0.6) is 0 Å². The number of hydrogen-bond donors (Lipinski definition) is 1. The van der Waals surface area contributed by atoms with Crippen molar-refractivity contribution in [2.75, 3.05) is 30.4 Å². The second kappa shape index (κ2) is 5.47. The van der Waals surface area contributed by atoms with E-state index < -0.39 is 0 Å². The summed E-state index contributed by atoms with van der Waals surface area (Å²) < 4.78 is 0. The Morgan fingerprint density at radius 3 is 2.68 bits per heavy atom. The van der Waals surface area contributed by atoms with Crippen LogP contribution in [-0.4, -0.2) is 25.1 Å². The molecule has 0 spiro atoms. The topological polar surface area (TPSA) is 58.4 Å². The largest absolute Gasteiger partial charge is 0.385 e. The van der Waals surface area contributed by atoms with Crippen molar-refractivity contribution in [2.24, 2.45) is 11.8 Å². The number of hydrogen-bond acceptors (Lipinski definition) is 4. The number of nitro groups is 1. The molecular formula is C14H21N3O2. The van der Waals surface area contributed by atoms with Crippen LogP contribution in [0.1, 0.15) is 20.3 Å². The Hall–Kier alpha value is -1.78. The molecule has 1 saturated carbocycles. The van der Waals surface area contributed by atoms with Gasteiger partial charge in [-0.2, -0.15) is 0 Å². The number of nitro benzene ring substituents is 1. The Morgan fingerprint density at radius 2 is 2.16 bits per heavy atom. The molecule has 1 aliphatic rings. The molecule has 5 nitrogen and oxygen atoms in total. The van der Waals surface area contributed by atoms with Gasteiger partial charge in [-0.25, -0.2) is 0 Å². The van der Waals surface area contributed by atoms with E-state index in [9.17, 15) is 10.1 Å². The van der Waals surface area contributed by atoms with Crippen LogP contribution in [0, 0.1) is 22.0 Å². The zero-order chi connectivity index (χ0) is 14.0. The summed E-state index contributed by atoms with van der Waals surface area (Å²) in [6.07, 6.45) is 1.26. The number of non-ortho nitro benzene ring substituents is 1. The summed E-state index contributed by atoms with van der Waals surface area (Å²) in [5, 5.41) is 14.1. The Balaban J connectivity index is 2.19. The first-order valence-electron chi connectivity index (χ1n) is 6.75. The Labute approximate surface area is 113 Å². The molecule has 2 unspecified atom stereocenters. The second-order valence-corrected chi connectivity index (χ2v) is 5.38. The van der Waals surface area contributed by atoms with Crippen molar-refractivity contribution in [3.8, 4) is 0 Å². The van der Waals surface area contributed by atoms with Gasteiger partial charge in [0.1, 0.15) is 0 Å². The molecule has 19 heavy (non-hydrogen) atoms. The molecule has 0 aliphatic heterocycles. The molecule has 2 rings (SSSR count). The van der Waals surface area contributed by atoms with Gasteiger partial charge in [0.2, 0.25) is 0 Å². The van der Waals surface area contributed by atoms with Crippen molar-refractivity contribution in [2.45, 2.75) is 20.3 Å². The molecule has 1 aromatic rings. The maximum Gasteiger partial charge on any atom is 0.273 e. The fourth-order valence-corrected chi connectivity index (χ4v) is 2.34. The van der Waals surface area contributed by atoms with Crippen LogP contribution >= 0.6 is 0 Å². The summed E-state index contributed by atoms with van der Waals surface area (Å²) in [6, 6.07) is 5.21. The number of benzene rings is 1. The minimum Gasteiger partial charge on any atom is -0.385 e. The standard InChI is InChI=1S/C14H21N3O2/c1-4-15-12-6-13(8-14(7-12)17(18)19)16(3)9-11-5-10(11)2/h6-8,10-11,15H,4-5,9H2,1-3H3. The summed E-state index contributed by atoms with van der Waals surface area (Å²) >= 11 is 0. The van der Waals surface area contributed by atoms with Crippen LogP contribution in [0.25, 0.3) is 0 Å². The molecule has 1 fully saturated rings. The first kappa shape index (κ1) is 13.6. The minimum atomic E-state index is -0.335. The molecule has 1 aliphatic carbocycles. The SMILES string of the molecule is CCNc1cc(N(C)CC2CC2C)cc([N+](=O)[O-])c1. The summed E-state index contributed by atoms with van der Waals surface area (Å²) in [4.78, 5) is 12.8. The van der Waals surface area contributed by atoms with E-state index >= 15 is 0 Å². The van der Waals surface area contributed by atoms with Crippen LogP contribution < -0.4 is 10.2 Å². The first-order chi connectivity index (χ1) is 9.01. The Kier molecular flexibility index (Phi) is 3.93. The third-order valence-corrected chi connectivity index (χ3v) is 3.72. The number of anilines is 2. The lowest BCUT2D eigenvalue weighted by Gasteiger charge is -2.20. The minimum absolute atomic E-state index is 0.143. The highest BCUT2D eigenvalue weighted by molar-refractivity contribution is 5.64. The molecule has 0 saturated heterocycles. The van der Waals surface area contributed by atoms with Crippen molar-refractivity contribution in [3.63, 3.8) is 0 Å². The predicted molar refractivity (Wildman–Crippen MR) is 77.8 cm³/mol. The highest BCUT2D eigenvalue weighted by Crippen LogP contribution is 2.39.